The molecule has 0 N–H and O–H groups in total. The molecule has 0 unspecified atom stereocenters. The number of hydrogen-bond donors (Lipinski definition) is 0. The van der Waals surface area contributed by atoms with Gasteiger partial charge in [-0.1, -0.05) is 48.5 Å². The lowest BCUT2D eigenvalue weighted by Crippen LogP contribution is -1.93. The number of hydrogen-bond acceptors (Lipinski definition) is 1. The van der Waals surface area contributed by atoms with Crippen LogP contribution in [0.25, 0.3) is 49.4 Å². The van der Waals surface area contributed by atoms with Crippen LogP contribution in [0.15, 0.2) is 93.8 Å². The number of furan rings is 1. The van der Waals surface area contributed by atoms with E-state index in [1.807, 2.05) is 18.2 Å². The second-order valence-corrected chi connectivity index (χ2v) is 7.63. The highest BCUT2D eigenvalue weighted by Crippen LogP contribution is 2.40. The molecule has 3 heteroatoms. The highest BCUT2D eigenvalue weighted by molar-refractivity contribution is 9.10. The molecule has 0 amide bonds. The van der Waals surface area contributed by atoms with Crippen molar-refractivity contribution in [3.05, 3.63) is 89.4 Å². The van der Waals surface area contributed by atoms with E-state index in [1.165, 1.54) is 16.3 Å². The minimum atomic E-state index is 0.916. The molecule has 6 rings (SSSR count). The van der Waals surface area contributed by atoms with Gasteiger partial charge in [0.15, 0.2) is 0 Å². The van der Waals surface area contributed by atoms with Crippen LogP contribution in [0.3, 0.4) is 0 Å². The van der Waals surface area contributed by atoms with Crippen molar-refractivity contribution in [2.75, 3.05) is 0 Å². The summed E-state index contributed by atoms with van der Waals surface area (Å²) in [5.41, 5.74) is 5.31. The van der Waals surface area contributed by atoms with E-state index in [0.717, 1.165) is 37.6 Å². The fourth-order valence-corrected chi connectivity index (χ4v) is 4.63. The molecule has 0 atom stereocenters. The van der Waals surface area contributed by atoms with Crippen LogP contribution in [-0.4, -0.2) is 4.57 Å². The van der Waals surface area contributed by atoms with Gasteiger partial charge in [-0.25, -0.2) is 0 Å². The molecule has 0 saturated carbocycles. The molecule has 4 aromatic carbocycles. The van der Waals surface area contributed by atoms with Crippen LogP contribution in [0.4, 0.5) is 0 Å². The van der Waals surface area contributed by atoms with E-state index in [2.05, 4.69) is 87.2 Å². The molecular weight excluding hydrogens is 398 g/mol. The average molecular weight is 412 g/mol. The molecule has 0 aliphatic carbocycles. The van der Waals surface area contributed by atoms with Crippen LogP contribution in [0, 0.1) is 0 Å². The second kappa shape index (κ2) is 5.48. The highest BCUT2D eigenvalue weighted by atomic mass is 79.9. The molecule has 0 fully saturated rings. The number of nitrogens with zero attached hydrogens (tertiary/aromatic N) is 1. The number of para-hydroxylation sites is 3. The van der Waals surface area contributed by atoms with Gasteiger partial charge in [-0.15, -0.1) is 0 Å². The zero-order valence-corrected chi connectivity index (χ0v) is 15.9. The molecule has 2 nitrogen and oxygen atoms in total. The maximum absolute atomic E-state index is 6.15. The van der Waals surface area contributed by atoms with Crippen molar-refractivity contribution in [1.82, 2.24) is 4.57 Å². The van der Waals surface area contributed by atoms with Crippen LogP contribution in [0.2, 0.25) is 0 Å². The van der Waals surface area contributed by atoms with Crippen LogP contribution in [0.1, 0.15) is 0 Å². The SMILES string of the molecule is Brc1cccc2c3cc4c(cc3n(-c3ccccc3)c12)oc1ccccc14. The largest absolute Gasteiger partial charge is 0.456 e. The third-order valence-electron chi connectivity index (χ3n) is 5.25. The van der Waals surface area contributed by atoms with E-state index in [0.29, 0.717) is 0 Å². The Morgan fingerprint density at radius 1 is 0.630 bits per heavy atom. The highest BCUT2D eigenvalue weighted by Gasteiger charge is 2.17. The normalized spacial score (nSPS) is 11.9. The summed E-state index contributed by atoms with van der Waals surface area (Å²) in [4.78, 5) is 0. The van der Waals surface area contributed by atoms with Gasteiger partial charge in [0.25, 0.3) is 0 Å². The predicted octanol–water partition coefficient (Wildman–Crippen LogP) is 7.45. The maximum atomic E-state index is 6.15. The molecule has 0 aliphatic heterocycles. The predicted molar refractivity (Wildman–Crippen MR) is 116 cm³/mol. The van der Waals surface area contributed by atoms with E-state index in [4.69, 9.17) is 4.42 Å². The van der Waals surface area contributed by atoms with Crippen LogP contribution < -0.4 is 0 Å². The molecule has 128 valence electrons. The number of benzene rings is 4. The van der Waals surface area contributed by atoms with E-state index in [9.17, 15) is 0 Å². The van der Waals surface area contributed by atoms with E-state index < -0.39 is 0 Å². The van der Waals surface area contributed by atoms with Crippen molar-refractivity contribution in [3.63, 3.8) is 0 Å². The summed E-state index contributed by atoms with van der Waals surface area (Å²) in [6, 6.07) is 29.5. The van der Waals surface area contributed by atoms with Gasteiger partial charge >= 0.3 is 0 Å². The topological polar surface area (TPSA) is 18.1 Å². The average Bonchev–Trinajstić information content (AvgIpc) is 3.23. The summed E-state index contributed by atoms with van der Waals surface area (Å²) in [7, 11) is 0. The Labute approximate surface area is 163 Å². The first kappa shape index (κ1) is 15.1. The zero-order valence-electron chi connectivity index (χ0n) is 14.3. The molecule has 0 radical (unpaired) electrons. The molecular formula is C24H14BrNO. The van der Waals surface area contributed by atoms with Crippen LogP contribution in [0.5, 0.6) is 0 Å². The summed E-state index contributed by atoms with van der Waals surface area (Å²) in [6.45, 7) is 0. The minimum Gasteiger partial charge on any atom is -0.456 e. The number of aromatic nitrogens is 1. The van der Waals surface area contributed by atoms with Crippen molar-refractivity contribution in [2.24, 2.45) is 0 Å². The first-order valence-corrected chi connectivity index (χ1v) is 9.70. The third kappa shape index (κ3) is 2.06. The van der Waals surface area contributed by atoms with Crippen molar-refractivity contribution in [2.45, 2.75) is 0 Å². The molecule has 2 aromatic heterocycles. The Morgan fingerprint density at radius 2 is 1.41 bits per heavy atom. The fraction of sp³-hybridized carbons (Fsp3) is 0. The van der Waals surface area contributed by atoms with Crippen molar-refractivity contribution in [1.29, 1.82) is 0 Å². The van der Waals surface area contributed by atoms with Gasteiger partial charge in [0.05, 0.1) is 11.0 Å². The van der Waals surface area contributed by atoms with Crippen LogP contribution >= 0.6 is 15.9 Å². The Morgan fingerprint density at radius 3 is 2.30 bits per heavy atom. The minimum absolute atomic E-state index is 0.916. The third-order valence-corrected chi connectivity index (χ3v) is 5.89. The zero-order chi connectivity index (χ0) is 18.0. The van der Waals surface area contributed by atoms with Gasteiger partial charge in [0.2, 0.25) is 0 Å². The van der Waals surface area contributed by atoms with Gasteiger partial charge in [-0.2, -0.15) is 0 Å². The van der Waals surface area contributed by atoms with Gasteiger partial charge < -0.3 is 8.98 Å². The Balaban J connectivity index is 1.87. The summed E-state index contributed by atoms with van der Waals surface area (Å²) >= 11 is 3.76. The first-order valence-electron chi connectivity index (χ1n) is 8.90. The van der Waals surface area contributed by atoms with Gasteiger partial charge in [-0.05, 0) is 46.3 Å². The molecule has 27 heavy (non-hydrogen) atoms. The van der Waals surface area contributed by atoms with E-state index >= 15 is 0 Å². The molecule has 0 bridgehead atoms. The fourth-order valence-electron chi connectivity index (χ4n) is 4.09. The van der Waals surface area contributed by atoms with Gasteiger partial charge in [0, 0.05) is 37.8 Å². The summed E-state index contributed by atoms with van der Waals surface area (Å²) in [5, 5.41) is 4.78. The van der Waals surface area contributed by atoms with Crippen molar-refractivity contribution in [3.8, 4) is 5.69 Å². The number of fused-ring (bicyclic) bond motifs is 6. The maximum Gasteiger partial charge on any atom is 0.137 e. The van der Waals surface area contributed by atoms with Gasteiger partial charge in [-0.3, -0.25) is 0 Å². The lowest BCUT2D eigenvalue weighted by Gasteiger charge is -2.08. The lowest BCUT2D eigenvalue weighted by atomic mass is 10.1. The van der Waals surface area contributed by atoms with E-state index in [1.54, 1.807) is 0 Å². The second-order valence-electron chi connectivity index (χ2n) is 6.77. The lowest BCUT2D eigenvalue weighted by molar-refractivity contribution is 0.669. The van der Waals surface area contributed by atoms with Crippen LogP contribution in [-0.2, 0) is 0 Å². The Hall–Kier alpha value is -3.04. The molecule has 0 spiro atoms. The van der Waals surface area contributed by atoms with Crippen molar-refractivity contribution >= 4 is 59.7 Å². The summed E-state index contributed by atoms with van der Waals surface area (Å²) < 4.78 is 9.54. The monoisotopic (exact) mass is 411 g/mol. The van der Waals surface area contributed by atoms with E-state index in [-0.39, 0.29) is 0 Å². The standard InChI is InChI=1S/C24H14BrNO/c25-20-11-6-10-17-18-13-19-16-9-4-5-12-22(16)27-23(19)14-21(18)26(24(17)20)15-7-2-1-3-8-15/h1-14H. The first-order chi connectivity index (χ1) is 13.3. The summed E-state index contributed by atoms with van der Waals surface area (Å²) in [5.74, 6) is 0. The number of rotatable bonds is 1. The smallest absolute Gasteiger partial charge is 0.137 e. The summed E-state index contributed by atoms with van der Waals surface area (Å²) in [6.07, 6.45) is 0. The molecule has 2 heterocycles. The quantitative estimate of drug-likeness (QED) is 0.274. The molecule has 0 saturated heterocycles. The van der Waals surface area contributed by atoms with Crippen molar-refractivity contribution < 1.29 is 4.42 Å². The molecule has 6 aromatic rings. The Bertz CT molecular complexity index is 1470. The van der Waals surface area contributed by atoms with Gasteiger partial charge in [0.1, 0.15) is 11.2 Å². The number of halogens is 1. The Kier molecular flexibility index (Phi) is 3.06. The molecule has 0 aliphatic rings.